The molecule has 93 valence electrons. The van der Waals surface area contributed by atoms with Crippen LogP contribution in [0.2, 0.25) is 0 Å². The van der Waals surface area contributed by atoms with Gasteiger partial charge < -0.3 is 9.47 Å². The van der Waals surface area contributed by atoms with Crippen molar-refractivity contribution < 1.29 is 23.0 Å². The summed E-state index contributed by atoms with van der Waals surface area (Å²) in [5.41, 5.74) is 0.680. The van der Waals surface area contributed by atoms with Crippen LogP contribution in [0.5, 0.6) is 11.5 Å². The predicted octanol–water partition coefficient (Wildman–Crippen LogP) is 3.18. The van der Waals surface area contributed by atoms with Crippen molar-refractivity contribution in [1.29, 1.82) is 0 Å². The number of carbonyl (C=O) groups is 1. The van der Waals surface area contributed by atoms with Gasteiger partial charge in [0.25, 0.3) is 0 Å². The molecule has 3 nitrogen and oxygen atoms in total. The Hall–Kier alpha value is -1.65. The summed E-state index contributed by atoms with van der Waals surface area (Å²) in [6.07, 6.45) is 0. The van der Waals surface area contributed by atoms with E-state index in [9.17, 15) is 13.6 Å². The molecule has 0 heterocycles. The second-order valence-corrected chi connectivity index (χ2v) is 3.67. The van der Waals surface area contributed by atoms with Gasteiger partial charge in [0.1, 0.15) is 11.5 Å². The monoisotopic (exact) mass is 243 g/mol. The molecular formula is C12H13F2O3. The molecule has 1 aromatic rings. The van der Waals surface area contributed by atoms with Crippen LogP contribution >= 0.6 is 0 Å². The van der Waals surface area contributed by atoms with E-state index in [-0.39, 0.29) is 11.5 Å². The molecule has 0 atom stereocenters. The molecule has 0 N–H and O–H groups in total. The minimum atomic E-state index is -2.91. The van der Waals surface area contributed by atoms with Gasteiger partial charge in [-0.15, -0.1) is 0 Å². The number of hydrogen-bond acceptors (Lipinski definition) is 3. The Morgan fingerprint density at radius 2 is 1.71 bits per heavy atom. The molecule has 0 amide bonds. The van der Waals surface area contributed by atoms with E-state index >= 15 is 0 Å². The Balaban J connectivity index is 3.04. The van der Waals surface area contributed by atoms with E-state index in [1.165, 1.54) is 19.1 Å². The van der Waals surface area contributed by atoms with Crippen LogP contribution in [-0.2, 0) is 4.79 Å². The van der Waals surface area contributed by atoms with Gasteiger partial charge in [0.2, 0.25) is 0 Å². The molecule has 0 aliphatic carbocycles. The fraction of sp³-hybridized carbons (Fsp3) is 0.333. The molecule has 0 saturated heterocycles. The van der Waals surface area contributed by atoms with Gasteiger partial charge in [0, 0.05) is 13.0 Å². The normalized spacial score (nSPS) is 10.8. The lowest BCUT2D eigenvalue weighted by Crippen LogP contribution is -2.05. The Morgan fingerprint density at radius 1 is 1.12 bits per heavy atom. The van der Waals surface area contributed by atoms with Crippen molar-refractivity contribution in [3.05, 3.63) is 29.7 Å². The van der Waals surface area contributed by atoms with E-state index < -0.39 is 12.6 Å². The topological polar surface area (TPSA) is 35.5 Å². The first-order valence-corrected chi connectivity index (χ1v) is 4.97. The molecule has 0 aromatic heterocycles. The second-order valence-electron chi connectivity index (χ2n) is 3.67. The number of benzene rings is 1. The largest absolute Gasteiger partial charge is 0.435 e. The Morgan fingerprint density at radius 3 is 2.18 bits per heavy atom. The van der Waals surface area contributed by atoms with Crippen LogP contribution in [0.1, 0.15) is 26.3 Å². The predicted molar refractivity (Wildman–Crippen MR) is 58.1 cm³/mol. The van der Waals surface area contributed by atoms with Gasteiger partial charge in [-0.1, -0.05) is 13.8 Å². The summed E-state index contributed by atoms with van der Waals surface area (Å²) < 4.78 is 33.4. The van der Waals surface area contributed by atoms with E-state index in [2.05, 4.69) is 4.74 Å². The van der Waals surface area contributed by atoms with Crippen molar-refractivity contribution in [2.75, 3.05) is 0 Å². The Kier molecular flexibility index (Phi) is 4.43. The third kappa shape index (κ3) is 4.38. The number of carbonyl (C=O) groups excluding carboxylic acids is 1. The number of hydrogen-bond donors (Lipinski definition) is 0. The van der Waals surface area contributed by atoms with Crippen LogP contribution in [-0.4, -0.2) is 12.6 Å². The summed E-state index contributed by atoms with van der Waals surface area (Å²) >= 11 is 0. The maximum Gasteiger partial charge on any atom is 0.387 e. The number of esters is 1. The van der Waals surface area contributed by atoms with Crippen LogP contribution in [0.4, 0.5) is 8.78 Å². The van der Waals surface area contributed by atoms with Gasteiger partial charge in [-0.3, -0.25) is 4.79 Å². The van der Waals surface area contributed by atoms with Crippen molar-refractivity contribution in [1.82, 2.24) is 0 Å². The van der Waals surface area contributed by atoms with Crippen LogP contribution in [0.25, 0.3) is 0 Å². The third-order valence-corrected chi connectivity index (χ3v) is 1.94. The molecule has 0 fully saturated rings. The van der Waals surface area contributed by atoms with Crippen molar-refractivity contribution in [3.63, 3.8) is 0 Å². The second kappa shape index (κ2) is 5.61. The van der Waals surface area contributed by atoms with E-state index in [0.29, 0.717) is 5.56 Å². The molecule has 17 heavy (non-hydrogen) atoms. The highest BCUT2D eigenvalue weighted by atomic mass is 19.3. The molecule has 5 heteroatoms. The molecule has 0 saturated carbocycles. The average Bonchev–Trinajstić information content (AvgIpc) is 2.14. The van der Waals surface area contributed by atoms with Crippen molar-refractivity contribution in [2.45, 2.75) is 27.4 Å². The first kappa shape index (κ1) is 13.4. The van der Waals surface area contributed by atoms with E-state index in [0.717, 1.165) is 5.92 Å². The summed E-state index contributed by atoms with van der Waals surface area (Å²) in [7, 11) is 0. The lowest BCUT2D eigenvalue weighted by molar-refractivity contribution is -0.131. The molecule has 0 aliphatic rings. The van der Waals surface area contributed by atoms with Gasteiger partial charge in [0.05, 0.1) is 0 Å². The van der Waals surface area contributed by atoms with Crippen molar-refractivity contribution in [2.24, 2.45) is 0 Å². The maximum absolute atomic E-state index is 12.1. The molecule has 1 radical (unpaired) electrons. The number of alkyl halides is 2. The molecule has 0 spiro atoms. The first-order chi connectivity index (χ1) is 7.88. The molecular weight excluding hydrogens is 230 g/mol. The number of ether oxygens (including phenoxy) is 2. The fourth-order valence-corrected chi connectivity index (χ4v) is 1.26. The molecule has 0 unspecified atom stereocenters. The zero-order valence-corrected chi connectivity index (χ0v) is 9.79. The zero-order chi connectivity index (χ0) is 13.0. The Bertz CT molecular complexity index is 403. The highest BCUT2D eigenvalue weighted by molar-refractivity contribution is 5.69. The quantitative estimate of drug-likeness (QED) is 0.601. The number of rotatable bonds is 4. The van der Waals surface area contributed by atoms with E-state index in [4.69, 9.17) is 4.74 Å². The van der Waals surface area contributed by atoms with Gasteiger partial charge in [-0.25, -0.2) is 0 Å². The van der Waals surface area contributed by atoms with Crippen LogP contribution in [0, 0.1) is 5.92 Å². The van der Waals surface area contributed by atoms with Crippen LogP contribution in [0.3, 0.4) is 0 Å². The fourth-order valence-electron chi connectivity index (χ4n) is 1.26. The summed E-state index contributed by atoms with van der Waals surface area (Å²) in [4.78, 5) is 10.8. The summed E-state index contributed by atoms with van der Waals surface area (Å²) in [6, 6.07) is 4.31. The van der Waals surface area contributed by atoms with Crippen LogP contribution < -0.4 is 9.47 Å². The third-order valence-electron chi connectivity index (χ3n) is 1.94. The highest BCUT2D eigenvalue weighted by Gasteiger charge is 2.11. The average molecular weight is 243 g/mol. The van der Waals surface area contributed by atoms with Gasteiger partial charge in [-0.05, 0) is 23.6 Å². The maximum atomic E-state index is 12.1. The number of halogens is 2. The summed E-state index contributed by atoms with van der Waals surface area (Å²) in [5.74, 6) is 0.541. The van der Waals surface area contributed by atoms with Crippen molar-refractivity contribution >= 4 is 5.97 Å². The standard InChI is InChI=1S/C12H13F2O3/c1-7(2)9-4-10(16-8(3)15)6-11(5-9)17-12(13)14/h4-6,12H,1-3H3. The zero-order valence-electron chi connectivity index (χ0n) is 9.79. The molecule has 1 rings (SSSR count). The molecule has 0 aliphatic heterocycles. The molecule has 1 aromatic carbocycles. The first-order valence-electron chi connectivity index (χ1n) is 4.97. The lowest BCUT2D eigenvalue weighted by Gasteiger charge is -2.11. The van der Waals surface area contributed by atoms with Gasteiger partial charge in [-0.2, -0.15) is 8.78 Å². The molecule has 0 bridgehead atoms. The van der Waals surface area contributed by atoms with Crippen LogP contribution in [0.15, 0.2) is 18.2 Å². The van der Waals surface area contributed by atoms with Crippen molar-refractivity contribution in [3.8, 4) is 11.5 Å². The summed E-state index contributed by atoms with van der Waals surface area (Å²) in [6.45, 7) is 1.97. The Labute approximate surface area is 98.3 Å². The van der Waals surface area contributed by atoms with Gasteiger partial charge in [0.15, 0.2) is 0 Å². The van der Waals surface area contributed by atoms with E-state index in [1.807, 2.05) is 13.8 Å². The minimum absolute atomic E-state index is 0.0325. The smallest absolute Gasteiger partial charge is 0.387 e. The lowest BCUT2D eigenvalue weighted by atomic mass is 10.0. The highest BCUT2D eigenvalue weighted by Crippen LogP contribution is 2.28. The van der Waals surface area contributed by atoms with Gasteiger partial charge >= 0.3 is 12.6 Å². The minimum Gasteiger partial charge on any atom is -0.435 e. The SMILES string of the molecule is C[C](C)c1cc(OC(C)=O)cc(OC(F)F)c1. The summed E-state index contributed by atoms with van der Waals surface area (Å²) in [5, 5.41) is 0. The van der Waals surface area contributed by atoms with E-state index in [1.54, 1.807) is 6.07 Å².